The van der Waals surface area contributed by atoms with Crippen molar-refractivity contribution < 1.29 is 4.79 Å². The number of nitrogens with zero attached hydrogens (tertiary/aromatic N) is 3. The van der Waals surface area contributed by atoms with Crippen molar-refractivity contribution in [2.45, 2.75) is 13.8 Å². The summed E-state index contributed by atoms with van der Waals surface area (Å²) >= 11 is 0. The van der Waals surface area contributed by atoms with Crippen molar-refractivity contribution in [1.82, 2.24) is 14.9 Å². The molecule has 0 saturated carbocycles. The van der Waals surface area contributed by atoms with E-state index >= 15 is 0 Å². The molecular formula is C21H22N4O2. The quantitative estimate of drug-likeness (QED) is 0.760. The maximum Gasteiger partial charge on any atom is 0.261 e. The van der Waals surface area contributed by atoms with E-state index in [0.29, 0.717) is 26.2 Å². The van der Waals surface area contributed by atoms with Gasteiger partial charge in [-0.15, -0.1) is 0 Å². The van der Waals surface area contributed by atoms with Gasteiger partial charge in [-0.05, 0) is 49.1 Å². The van der Waals surface area contributed by atoms with E-state index in [-0.39, 0.29) is 17.0 Å². The third kappa shape index (κ3) is 3.30. The van der Waals surface area contributed by atoms with Crippen LogP contribution in [-0.2, 0) is 0 Å². The molecule has 27 heavy (non-hydrogen) atoms. The molecule has 1 aliphatic heterocycles. The second-order valence-corrected chi connectivity index (χ2v) is 7.03. The van der Waals surface area contributed by atoms with Crippen LogP contribution in [0.4, 0.5) is 5.82 Å². The van der Waals surface area contributed by atoms with E-state index in [9.17, 15) is 9.59 Å². The fraction of sp³-hybridized carbons (Fsp3) is 0.286. The first-order chi connectivity index (χ1) is 13.0. The van der Waals surface area contributed by atoms with Crippen molar-refractivity contribution in [2.24, 2.45) is 0 Å². The number of fused-ring (bicyclic) bond motifs is 1. The molecule has 0 radical (unpaired) electrons. The second kappa shape index (κ2) is 6.87. The molecule has 138 valence electrons. The molecule has 1 N–H and O–H groups in total. The van der Waals surface area contributed by atoms with Gasteiger partial charge in [0.25, 0.3) is 11.5 Å². The molecule has 4 rings (SSSR count). The lowest BCUT2D eigenvalue weighted by molar-refractivity contribution is 0.0745. The molecule has 1 amide bonds. The minimum Gasteiger partial charge on any atom is -0.353 e. The number of piperazine rings is 1. The van der Waals surface area contributed by atoms with Crippen LogP contribution < -0.4 is 10.5 Å². The van der Waals surface area contributed by atoms with E-state index in [1.807, 2.05) is 44.2 Å². The van der Waals surface area contributed by atoms with Crippen LogP contribution in [0.25, 0.3) is 10.9 Å². The summed E-state index contributed by atoms with van der Waals surface area (Å²) in [5, 5.41) is 0.891. The Balaban J connectivity index is 1.57. The molecule has 6 nitrogen and oxygen atoms in total. The molecule has 1 aliphatic rings. The highest BCUT2D eigenvalue weighted by Gasteiger charge is 2.24. The monoisotopic (exact) mass is 362 g/mol. The van der Waals surface area contributed by atoms with Crippen LogP contribution in [0.1, 0.15) is 21.5 Å². The number of hydrogen-bond acceptors (Lipinski definition) is 4. The number of amides is 1. The van der Waals surface area contributed by atoms with Crippen molar-refractivity contribution in [3.63, 3.8) is 0 Å². The Labute approximate surface area is 157 Å². The standard InChI is InChI=1S/C21H22N4O2/c1-14-11-15(2)19-16(12-14)13-17(20(26)23-19)21(27)25-9-7-24(8-10-25)18-5-3-4-6-22-18/h3-6,11-13H,7-10H2,1-2H3,(H,23,26). The van der Waals surface area contributed by atoms with Gasteiger partial charge in [0.15, 0.2) is 0 Å². The summed E-state index contributed by atoms with van der Waals surface area (Å²) in [5.41, 5.74) is 2.78. The summed E-state index contributed by atoms with van der Waals surface area (Å²) in [4.78, 5) is 36.6. The summed E-state index contributed by atoms with van der Waals surface area (Å²) in [6.07, 6.45) is 1.77. The topological polar surface area (TPSA) is 69.3 Å². The van der Waals surface area contributed by atoms with Crippen molar-refractivity contribution >= 4 is 22.6 Å². The molecule has 1 fully saturated rings. The fourth-order valence-electron chi connectivity index (χ4n) is 3.70. The van der Waals surface area contributed by atoms with Crippen LogP contribution >= 0.6 is 0 Å². The maximum atomic E-state index is 12.9. The van der Waals surface area contributed by atoms with Crippen LogP contribution in [0.3, 0.4) is 0 Å². The third-order valence-electron chi connectivity index (χ3n) is 5.06. The molecule has 0 aliphatic carbocycles. The molecule has 6 heteroatoms. The van der Waals surface area contributed by atoms with Crippen molar-refractivity contribution in [1.29, 1.82) is 0 Å². The SMILES string of the molecule is Cc1cc(C)c2[nH]c(=O)c(C(=O)N3CCN(c4ccccn4)CC3)cc2c1. The molecule has 0 spiro atoms. The number of benzene rings is 1. The first kappa shape index (κ1) is 17.3. The van der Waals surface area contributed by atoms with Gasteiger partial charge in [0.2, 0.25) is 0 Å². The largest absolute Gasteiger partial charge is 0.353 e. The minimum atomic E-state index is -0.327. The Hall–Kier alpha value is -3.15. The normalized spacial score (nSPS) is 14.6. The molecule has 0 unspecified atom stereocenters. The number of nitrogens with one attached hydrogen (secondary N) is 1. The zero-order chi connectivity index (χ0) is 19.0. The molecule has 2 aromatic heterocycles. The van der Waals surface area contributed by atoms with E-state index in [4.69, 9.17) is 0 Å². The number of hydrogen-bond donors (Lipinski definition) is 1. The molecule has 1 aromatic carbocycles. The predicted octanol–water partition coefficient (Wildman–Crippen LogP) is 2.50. The molecule has 0 atom stereocenters. The number of carbonyl (C=O) groups is 1. The molecule has 1 saturated heterocycles. The van der Waals surface area contributed by atoms with Gasteiger partial charge in [0.05, 0.1) is 5.52 Å². The lowest BCUT2D eigenvalue weighted by Crippen LogP contribution is -2.49. The number of aryl methyl sites for hydroxylation is 2. The van der Waals surface area contributed by atoms with Gasteiger partial charge in [-0.1, -0.05) is 17.7 Å². The number of aromatic nitrogens is 2. The molecule has 0 bridgehead atoms. The third-order valence-corrected chi connectivity index (χ3v) is 5.06. The fourth-order valence-corrected chi connectivity index (χ4v) is 3.70. The van der Waals surface area contributed by atoms with Gasteiger partial charge in [0.1, 0.15) is 11.4 Å². The van der Waals surface area contributed by atoms with Gasteiger partial charge in [-0.3, -0.25) is 9.59 Å². The highest BCUT2D eigenvalue weighted by molar-refractivity contribution is 5.97. The van der Waals surface area contributed by atoms with Crippen LogP contribution in [0.5, 0.6) is 0 Å². The molecule has 3 aromatic rings. The average Bonchev–Trinajstić information content (AvgIpc) is 2.68. The Morgan fingerprint density at radius 3 is 2.56 bits per heavy atom. The Morgan fingerprint density at radius 1 is 1.07 bits per heavy atom. The van der Waals surface area contributed by atoms with E-state index in [2.05, 4.69) is 14.9 Å². The zero-order valence-corrected chi connectivity index (χ0v) is 15.5. The van der Waals surface area contributed by atoms with Gasteiger partial charge in [-0.25, -0.2) is 4.98 Å². The molecular weight excluding hydrogens is 340 g/mol. The number of carbonyl (C=O) groups excluding carboxylic acids is 1. The predicted molar refractivity (Wildman–Crippen MR) is 106 cm³/mol. The van der Waals surface area contributed by atoms with E-state index in [1.54, 1.807) is 17.2 Å². The van der Waals surface area contributed by atoms with Gasteiger partial charge < -0.3 is 14.8 Å². The minimum absolute atomic E-state index is 0.207. The summed E-state index contributed by atoms with van der Waals surface area (Å²) in [6, 6.07) is 11.6. The average molecular weight is 362 g/mol. The van der Waals surface area contributed by atoms with Crippen molar-refractivity contribution in [3.8, 4) is 0 Å². The lowest BCUT2D eigenvalue weighted by atomic mass is 10.0. The first-order valence-corrected chi connectivity index (χ1v) is 9.12. The van der Waals surface area contributed by atoms with Crippen LogP contribution in [0.15, 0.2) is 47.4 Å². The van der Waals surface area contributed by atoms with Gasteiger partial charge in [0, 0.05) is 32.4 Å². The van der Waals surface area contributed by atoms with Crippen molar-refractivity contribution in [3.05, 3.63) is 69.6 Å². The Kier molecular flexibility index (Phi) is 4.39. The highest BCUT2D eigenvalue weighted by atomic mass is 16.2. The number of aromatic amines is 1. The highest BCUT2D eigenvalue weighted by Crippen LogP contribution is 2.19. The lowest BCUT2D eigenvalue weighted by Gasteiger charge is -2.35. The van der Waals surface area contributed by atoms with Crippen molar-refractivity contribution in [2.75, 3.05) is 31.1 Å². The number of pyridine rings is 2. The van der Waals surface area contributed by atoms with Crippen LogP contribution in [0, 0.1) is 13.8 Å². The van der Waals surface area contributed by atoms with E-state index in [0.717, 1.165) is 27.8 Å². The number of rotatable bonds is 2. The first-order valence-electron chi connectivity index (χ1n) is 9.12. The summed E-state index contributed by atoms with van der Waals surface area (Å²) < 4.78 is 0. The summed E-state index contributed by atoms with van der Waals surface area (Å²) in [5.74, 6) is 0.706. The number of H-pyrrole nitrogens is 1. The van der Waals surface area contributed by atoms with E-state index in [1.165, 1.54) is 0 Å². The smallest absolute Gasteiger partial charge is 0.261 e. The number of anilines is 1. The van der Waals surface area contributed by atoms with Crippen LogP contribution in [-0.4, -0.2) is 47.0 Å². The Bertz CT molecular complexity index is 1050. The van der Waals surface area contributed by atoms with Gasteiger partial charge >= 0.3 is 0 Å². The van der Waals surface area contributed by atoms with Gasteiger partial charge in [-0.2, -0.15) is 0 Å². The maximum absolute atomic E-state index is 12.9. The molecule has 3 heterocycles. The zero-order valence-electron chi connectivity index (χ0n) is 15.5. The summed E-state index contributed by atoms with van der Waals surface area (Å²) in [6.45, 7) is 6.51. The summed E-state index contributed by atoms with van der Waals surface area (Å²) in [7, 11) is 0. The van der Waals surface area contributed by atoms with Crippen LogP contribution in [0.2, 0.25) is 0 Å². The van der Waals surface area contributed by atoms with E-state index < -0.39 is 0 Å². The Morgan fingerprint density at radius 2 is 1.85 bits per heavy atom. The second-order valence-electron chi connectivity index (χ2n) is 7.03.